The Bertz CT molecular complexity index is 317. The van der Waals surface area contributed by atoms with E-state index in [9.17, 15) is 4.79 Å². The molecule has 1 saturated carbocycles. The van der Waals surface area contributed by atoms with Crippen LogP contribution in [-0.4, -0.2) is 15.8 Å². The van der Waals surface area contributed by atoms with E-state index in [-0.39, 0.29) is 11.2 Å². The van der Waals surface area contributed by atoms with Crippen LogP contribution in [0.5, 0.6) is 0 Å². The van der Waals surface area contributed by atoms with E-state index in [0.717, 1.165) is 19.3 Å². The number of Topliss-reactive ketones (excluding diaryl/α,β-unsaturated/α-hetero) is 1. The van der Waals surface area contributed by atoms with E-state index < -0.39 is 0 Å². The van der Waals surface area contributed by atoms with Gasteiger partial charge in [-0.25, -0.2) is 9.97 Å². The molecule has 0 spiro atoms. The number of hydrogen-bond donors (Lipinski definition) is 0. The molecule has 0 aromatic carbocycles. The Labute approximate surface area is 77.2 Å². The quantitative estimate of drug-likeness (QED) is 0.660. The molecule has 0 bridgehead atoms. The molecule has 0 aliphatic heterocycles. The first-order valence-corrected chi connectivity index (χ1v) is 4.58. The van der Waals surface area contributed by atoms with Gasteiger partial charge in [0.1, 0.15) is 6.33 Å². The molecule has 3 heteroatoms. The Morgan fingerprint density at radius 1 is 1.46 bits per heavy atom. The van der Waals surface area contributed by atoms with Crippen LogP contribution in [0.3, 0.4) is 0 Å². The molecule has 0 N–H and O–H groups in total. The van der Waals surface area contributed by atoms with Crippen LogP contribution in [0.1, 0.15) is 36.5 Å². The molecular formula is C10H12N2O. The smallest absolute Gasteiger partial charge is 0.172 e. The first kappa shape index (κ1) is 8.35. The minimum absolute atomic E-state index is 0.0648. The summed E-state index contributed by atoms with van der Waals surface area (Å²) in [6.07, 6.45) is 7.63. The molecular weight excluding hydrogens is 164 g/mol. The largest absolute Gasteiger partial charge is 0.293 e. The van der Waals surface area contributed by atoms with Crippen molar-refractivity contribution in [3.05, 3.63) is 24.3 Å². The molecule has 2 rings (SSSR count). The van der Waals surface area contributed by atoms with E-state index in [1.165, 1.54) is 6.33 Å². The van der Waals surface area contributed by atoms with Crippen LogP contribution >= 0.6 is 0 Å². The standard InChI is InChI=1S/C10H12N2O/c1-2-10(3-4-10)9(13)8-5-11-7-12-6-8/h5-7H,2-4H2,1H3. The maximum Gasteiger partial charge on any atom is 0.172 e. The number of carbonyl (C=O) groups is 1. The predicted molar refractivity (Wildman–Crippen MR) is 48.3 cm³/mol. The predicted octanol–water partition coefficient (Wildman–Crippen LogP) is 1.85. The maximum absolute atomic E-state index is 11.9. The van der Waals surface area contributed by atoms with Gasteiger partial charge < -0.3 is 0 Å². The van der Waals surface area contributed by atoms with Gasteiger partial charge >= 0.3 is 0 Å². The van der Waals surface area contributed by atoms with Crippen molar-refractivity contribution in [3.63, 3.8) is 0 Å². The van der Waals surface area contributed by atoms with Crippen LogP contribution in [0.4, 0.5) is 0 Å². The highest BCUT2D eigenvalue weighted by atomic mass is 16.1. The van der Waals surface area contributed by atoms with Gasteiger partial charge in [0, 0.05) is 17.8 Å². The van der Waals surface area contributed by atoms with Crippen LogP contribution in [-0.2, 0) is 0 Å². The number of carbonyl (C=O) groups excluding carboxylic acids is 1. The molecule has 13 heavy (non-hydrogen) atoms. The van der Waals surface area contributed by atoms with Crippen LogP contribution in [0.25, 0.3) is 0 Å². The monoisotopic (exact) mass is 176 g/mol. The number of rotatable bonds is 3. The average Bonchev–Trinajstić information content (AvgIpc) is 2.99. The molecule has 1 aromatic rings. The summed E-state index contributed by atoms with van der Waals surface area (Å²) in [7, 11) is 0. The van der Waals surface area contributed by atoms with Crippen molar-refractivity contribution in [2.24, 2.45) is 5.41 Å². The van der Waals surface area contributed by atoms with Gasteiger partial charge in [-0.05, 0) is 19.3 Å². The van der Waals surface area contributed by atoms with Crippen LogP contribution in [0.2, 0.25) is 0 Å². The van der Waals surface area contributed by atoms with Crippen molar-refractivity contribution in [1.82, 2.24) is 9.97 Å². The highest BCUT2D eigenvalue weighted by Crippen LogP contribution is 2.50. The molecule has 1 aliphatic rings. The Balaban J connectivity index is 2.24. The third-order valence-electron chi connectivity index (χ3n) is 2.83. The molecule has 0 unspecified atom stereocenters. The molecule has 1 aliphatic carbocycles. The Morgan fingerprint density at radius 2 is 2.08 bits per heavy atom. The lowest BCUT2D eigenvalue weighted by Gasteiger charge is -2.09. The van der Waals surface area contributed by atoms with E-state index in [1.807, 2.05) is 0 Å². The maximum atomic E-state index is 11.9. The topological polar surface area (TPSA) is 42.9 Å². The third-order valence-corrected chi connectivity index (χ3v) is 2.83. The minimum Gasteiger partial charge on any atom is -0.293 e. The van der Waals surface area contributed by atoms with Gasteiger partial charge in [-0.2, -0.15) is 0 Å². The van der Waals surface area contributed by atoms with E-state index >= 15 is 0 Å². The van der Waals surface area contributed by atoms with Crippen molar-refractivity contribution in [1.29, 1.82) is 0 Å². The zero-order valence-electron chi connectivity index (χ0n) is 7.66. The van der Waals surface area contributed by atoms with Gasteiger partial charge in [0.05, 0.1) is 5.56 Å². The first-order chi connectivity index (χ1) is 6.28. The molecule has 0 amide bonds. The van der Waals surface area contributed by atoms with Crippen molar-refractivity contribution in [2.45, 2.75) is 26.2 Å². The van der Waals surface area contributed by atoms with Crippen molar-refractivity contribution in [2.75, 3.05) is 0 Å². The molecule has 3 nitrogen and oxygen atoms in total. The SMILES string of the molecule is CCC1(C(=O)c2cncnc2)CC1. The first-order valence-electron chi connectivity index (χ1n) is 4.58. The summed E-state index contributed by atoms with van der Waals surface area (Å²) in [4.78, 5) is 19.6. The lowest BCUT2D eigenvalue weighted by molar-refractivity contribution is 0.0895. The summed E-state index contributed by atoms with van der Waals surface area (Å²) in [5.74, 6) is 0.218. The van der Waals surface area contributed by atoms with Crippen LogP contribution in [0.15, 0.2) is 18.7 Å². The second-order valence-electron chi connectivity index (χ2n) is 3.59. The van der Waals surface area contributed by atoms with E-state index in [0.29, 0.717) is 5.56 Å². The van der Waals surface area contributed by atoms with Crippen LogP contribution in [0, 0.1) is 5.41 Å². The Morgan fingerprint density at radius 3 is 2.54 bits per heavy atom. The molecule has 0 saturated heterocycles. The summed E-state index contributed by atoms with van der Waals surface area (Å²) in [5.41, 5.74) is 0.590. The zero-order valence-corrected chi connectivity index (χ0v) is 7.66. The summed E-state index contributed by atoms with van der Waals surface area (Å²) in [5, 5.41) is 0. The number of aromatic nitrogens is 2. The Kier molecular flexibility index (Phi) is 1.87. The molecule has 1 aromatic heterocycles. The fourth-order valence-electron chi connectivity index (χ4n) is 1.61. The summed E-state index contributed by atoms with van der Waals surface area (Å²) < 4.78 is 0. The molecule has 1 heterocycles. The highest BCUT2D eigenvalue weighted by molar-refractivity contribution is 6.01. The number of nitrogens with zero attached hydrogens (tertiary/aromatic N) is 2. The van der Waals surface area contributed by atoms with E-state index in [4.69, 9.17) is 0 Å². The fraction of sp³-hybridized carbons (Fsp3) is 0.500. The van der Waals surface area contributed by atoms with Crippen molar-refractivity contribution >= 4 is 5.78 Å². The van der Waals surface area contributed by atoms with Gasteiger partial charge in [0.25, 0.3) is 0 Å². The molecule has 68 valence electrons. The summed E-state index contributed by atoms with van der Waals surface area (Å²) in [6.45, 7) is 2.06. The number of ketones is 1. The normalized spacial score (nSPS) is 18.2. The Hall–Kier alpha value is -1.25. The molecule has 0 radical (unpaired) electrons. The summed E-state index contributed by atoms with van der Waals surface area (Å²) in [6, 6.07) is 0. The zero-order chi connectivity index (χ0) is 9.31. The van der Waals surface area contributed by atoms with Crippen LogP contribution < -0.4 is 0 Å². The van der Waals surface area contributed by atoms with Crippen molar-refractivity contribution < 1.29 is 4.79 Å². The molecule has 0 atom stereocenters. The van der Waals surface area contributed by atoms with Gasteiger partial charge in [0.15, 0.2) is 5.78 Å². The third kappa shape index (κ3) is 1.34. The highest BCUT2D eigenvalue weighted by Gasteiger charge is 2.48. The van der Waals surface area contributed by atoms with Crippen molar-refractivity contribution in [3.8, 4) is 0 Å². The van der Waals surface area contributed by atoms with E-state index in [1.54, 1.807) is 12.4 Å². The number of hydrogen-bond acceptors (Lipinski definition) is 3. The molecule has 1 fully saturated rings. The van der Waals surface area contributed by atoms with Gasteiger partial charge in [-0.15, -0.1) is 0 Å². The van der Waals surface area contributed by atoms with Gasteiger partial charge in [0.2, 0.25) is 0 Å². The average molecular weight is 176 g/mol. The lowest BCUT2D eigenvalue weighted by Crippen LogP contribution is -2.15. The van der Waals surface area contributed by atoms with Gasteiger partial charge in [-0.3, -0.25) is 4.79 Å². The van der Waals surface area contributed by atoms with E-state index in [2.05, 4.69) is 16.9 Å². The fourth-order valence-corrected chi connectivity index (χ4v) is 1.61. The summed E-state index contributed by atoms with van der Waals surface area (Å²) >= 11 is 0. The second kappa shape index (κ2) is 2.91. The lowest BCUT2D eigenvalue weighted by atomic mass is 9.94. The van der Waals surface area contributed by atoms with Gasteiger partial charge in [-0.1, -0.05) is 6.92 Å². The second-order valence-corrected chi connectivity index (χ2v) is 3.59. The minimum atomic E-state index is -0.0648.